The van der Waals surface area contributed by atoms with Crippen LogP contribution in [0.3, 0.4) is 0 Å². The normalized spacial score (nSPS) is 10.9. The first kappa shape index (κ1) is 18.0. The molecule has 1 amide bonds. The van der Waals surface area contributed by atoms with E-state index in [0.29, 0.717) is 12.8 Å². The van der Waals surface area contributed by atoms with E-state index >= 15 is 0 Å². The van der Waals surface area contributed by atoms with Crippen LogP contribution < -0.4 is 5.32 Å². The summed E-state index contributed by atoms with van der Waals surface area (Å²) in [6, 6.07) is 26.2. The molecule has 0 aliphatic rings. The summed E-state index contributed by atoms with van der Waals surface area (Å²) in [7, 11) is 0. The van der Waals surface area contributed by atoms with Gasteiger partial charge in [0.05, 0.1) is 11.0 Å². The van der Waals surface area contributed by atoms with Crippen molar-refractivity contribution in [3.05, 3.63) is 90.3 Å². The van der Waals surface area contributed by atoms with Gasteiger partial charge in [-0.3, -0.25) is 9.36 Å². The van der Waals surface area contributed by atoms with Gasteiger partial charge in [0.1, 0.15) is 5.82 Å². The van der Waals surface area contributed by atoms with Crippen molar-refractivity contribution in [3.8, 4) is 5.69 Å². The minimum atomic E-state index is 0.00701. The van der Waals surface area contributed by atoms with E-state index in [9.17, 15) is 4.79 Å². The average molecular weight is 369 g/mol. The SMILES string of the molecule is CCc1ccccc1NC(=O)CCc1nc2ccccc2n1-c1ccccc1. The number of anilines is 1. The molecule has 0 radical (unpaired) electrons. The van der Waals surface area contributed by atoms with Gasteiger partial charge in [-0.25, -0.2) is 4.98 Å². The van der Waals surface area contributed by atoms with Crippen LogP contribution in [0.4, 0.5) is 5.69 Å². The molecule has 0 spiro atoms. The number of carbonyl (C=O) groups is 1. The number of benzene rings is 3. The maximum absolute atomic E-state index is 12.6. The fourth-order valence-electron chi connectivity index (χ4n) is 3.50. The van der Waals surface area contributed by atoms with Crippen molar-refractivity contribution >= 4 is 22.6 Å². The van der Waals surface area contributed by atoms with E-state index in [1.165, 1.54) is 0 Å². The summed E-state index contributed by atoms with van der Waals surface area (Å²) >= 11 is 0. The van der Waals surface area contributed by atoms with E-state index < -0.39 is 0 Å². The second-order valence-corrected chi connectivity index (χ2v) is 6.75. The molecule has 0 aliphatic carbocycles. The Balaban J connectivity index is 1.57. The number of aromatic nitrogens is 2. The Morgan fingerprint density at radius 1 is 0.929 bits per heavy atom. The topological polar surface area (TPSA) is 46.9 Å². The molecule has 0 bridgehead atoms. The number of carbonyl (C=O) groups excluding carboxylic acids is 1. The van der Waals surface area contributed by atoms with Crippen LogP contribution in [0.15, 0.2) is 78.9 Å². The van der Waals surface area contributed by atoms with Crippen LogP contribution in [0.2, 0.25) is 0 Å². The molecular weight excluding hydrogens is 346 g/mol. The van der Waals surface area contributed by atoms with Gasteiger partial charge in [0, 0.05) is 24.2 Å². The third-order valence-electron chi connectivity index (χ3n) is 4.89. The van der Waals surface area contributed by atoms with E-state index in [0.717, 1.165) is 40.2 Å². The van der Waals surface area contributed by atoms with Gasteiger partial charge in [-0.15, -0.1) is 0 Å². The Labute approximate surface area is 164 Å². The molecular formula is C24H23N3O. The summed E-state index contributed by atoms with van der Waals surface area (Å²) in [4.78, 5) is 17.4. The number of nitrogens with zero attached hydrogens (tertiary/aromatic N) is 2. The van der Waals surface area contributed by atoms with Crippen LogP contribution in [0, 0.1) is 0 Å². The minimum Gasteiger partial charge on any atom is -0.326 e. The predicted molar refractivity (Wildman–Crippen MR) is 114 cm³/mol. The van der Waals surface area contributed by atoms with Gasteiger partial charge in [-0.1, -0.05) is 55.5 Å². The highest BCUT2D eigenvalue weighted by molar-refractivity contribution is 5.91. The first-order valence-electron chi connectivity index (χ1n) is 9.66. The third-order valence-corrected chi connectivity index (χ3v) is 4.89. The molecule has 4 heteroatoms. The smallest absolute Gasteiger partial charge is 0.224 e. The second-order valence-electron chi connectivity index (χ2n) is 6.75. The lowest BCUT2D eigenvalue weighted by molar-refractivity contribution is -0.116. The van der Waals surface area contributed by atoms with E-state index in [1.54, 1.807) is 0 Å². The summed E-state index contributed by atoms with van der Waals surface area (Å²) in [6.45, 7) is 2.09. The molecule has 0 saturated heterocycles. The highest BCUT2D eigenvalue weighted by Gasteiger charge is 2.14. The van der Waals surface area contributed by atoms with Crippen LogP contribution in [0.5, 0.6) is 0 Å². The summed E-state index contributed by atoms with van der Waals surface area (Å²) in [5.74, 6) is 0.902. The number of amides is 1. The van der Waals surface area contributed by atoms with Gasteiger partial charge in [0.15, 0.2) is 0 Å². The molecule has 0 unspecified atom stereocenters. The maximum Gasteiger partial charge on any atom is 0.224 e. The number of hydrogen-bond donors (Lipinski definition) is 1. The summed E-state index contributed by atoms with van der Waals surface area (Å²) in [5.41, 5.74) is 5.10. The van der Waals surface area contributed by atoms with Crippen LogP contribution >= 0.6 is 0 Å². The van der Waals surface area contributed by atoms with Gasteiger partial charge >= 0.3 is 0 Å². The summed E-state index contributed by atoms with van der Waals surface area (Å²) < 4.78 is 2.14. The van der Waals surface area contributed by atoms with E-state index in [-0.39, 0.29) is 5.91 Å². The third kappa shape index (κ3) is 3.67. The Morgan fingerprint density at radius 2 is 1.64 bits per heavy atom. The Hall–Kier alpha value is -3.40. The lowest BCUT2D eigenvalue weighted by Crippen LogP contribution is -2.15. The van der Waals surface area contributed by atoms with Crippen LogP contribution in [-0.4, -0.2) is 15.5 Å². The number of hydrogen-bond acceptors (Lipinski definition) is 2. The van der Waals surface area contributed by atoms with Gasteiger partial charge in [-0.2, -0.15) is 0 Å². The van der Waals surface area contributed by atoms with Crippen molar-refractivity contribution in [1.82, 2.24) is 9.55 Å². The molecule has 1 heterocycles. The highest BCUT2D eigenvalue weighted by Crippen LogP contribution is 2.22. The summed E-state index contributed by atoms with van der Waals surface area (Å²) in [5, 5.41) is 3.05. The fourth-order valence-corrected chi connectivity index (χ4v) is 3.50. The maximum atomic E-state index is 12.6. The molecule has 4 nitrogen and oxygen atoms in total. The quantitative estimate of drug-likeness (QED) is 0.510. The zero-order chi connectivity index (χ0) is 19.3. The largest absolute Gasteiger partial charge is 0.326 e. The number of aryl methyl sites for hydroxylation is 2. The number of para-hydroxylation sites is 4. The zero-order valence-corrected chi connectivity index (χ0v) is 15.9. The molecule has 4 aromatic rings. The predicted octanol–water partition coefficient (Wildman–Crippen LogP) is 5.16. The van der Waals surface area contributed by atoms with Gasteiger partial charge in [-0.05, 0) is 42.3 Å². The van der Waals surface area contributed by atoms with Crippen molar-refractivity contribution in [2.75, 3.05) is 5.32 Å². The number of rotatable bonds is 6. The van der Waals surface area contributed by atoms with E-state index in [2.05, 4.69) is 35.0 Å². The first-order chi connectivity index (χ1) is 13.8. The molecule has 28 heavy (non-hydrogen) atoms. The van der Waals surface area contributed by atoms with Gasteiger partial charge < -0.3 is 5.32 Å². The molecule has 0 fully saturated rings. The fraction of sp³-hybridized carbons (Fsp3) is 0.167. The molecule has 0 saturated carbocycles. The number of nitrogens with one attached hydrogen (secondary N) is 1. The minimum absolute atomic E-state index is 0.00701. The Morgan fingerprint density at radius 3 is 2.46 bits per heavy atom. The standard InChI is InChI=1S/C24H23N3O/c1-2-18-10-6-7-13-20(18)26-24(28)17-16-23-25-21-14-8-9-15-22(21)27(23)19-11-4-3-5-12-19/h3-15H,2,16-17H2,1H3,(H,26,28). The Kier molecular flexibility index (Phi) is 5.20. The monoisotopic (exact) mass is 369 g/mol. The van der Waals surface area contributed by atoms with Crippen LogP contribution in [0.25, 0.3) is 16.7 Å². The van der Waals surface area contributed by atoms with Crippen molar-refractivity contribution < 1.29 is 4.79 Å². The zero-order valence-electron chi connectivity index (χ0n) is 15.9. The second kappa shape index (κ2) is 8.09. The number of fused-ring (bicyclic) bond motifs is 1. The molecule has 3 aromatic carbocycles. The van der Waals surface area contributed by atoms with Crippen LogP contribution in [0.1, 0.15) is 24.7 Å². The molecule has 0 atom stereocenters. The van der Waals surface area contributed by atoms with Crippen molar-refractivity contribution in [2.24, 2.45) is 0 Å². The van der Waals surface area contributed by atoms with E-state index in [1.807, 2.05) is 60.7 Å². The lowest BCUT2D eigenvalue weighted by Gasteiger charge is -2.11. The van der Waals surface area contributed by atoms with E-state index in [4.69, 9.17) is 4.98 Å². The first-order valence-corrected chi connectivity index (χ1v) is 9.66. The molecule has 140 valence electrons. The number of imidazole rings is 1. The lowest BCUT2D eigenvalue weighted by atomic mass is 10.1. The van der Waals surface area contributed by atoms with Gasteiger partial charge in [0.25, 0.3) is 0 Å². The highest BCUT2D eigenvalue weighted by atomic mass is 16.1. The molecule has 0 aliphatic heterocycles. The van der Waals surface area contributed by atoms with Crippen molar-refractivity contribution in [2.45, 2.75) is 26.2 Å². The molecule has 1 N–H and O–H groups in total. The average Bonchev–Trinajstić information content (AvgIpc) is 3.12. The van der Waals surface area contributed by atoms with Crippen molar-refractivity contribution in [3.63, 3.8) is 0 Å². The Bertz CT molecular complexity index is 1100. The van der Waals surface area contributed by atoms with Gasteiger partial charge in [0.2, 0.25) is 5.91 Å². The van der Waals surface area contributed by atoms with Crippen LogP contribution in [-0.2, 0) is 17.6 Å². The molecule has 4 rings (SSSR count). The summed E-state index contributed by atoms with van der Waals surface area (Å²) in [6.07, 6.45) is 1.85. The molecule has 1 aromatic heterocycles. The van der Waals surface area contributed by atoms with Crippen molar-refractivity contribution in [1.29, 1.82) is 0 Å².